The van der Waals surface area contributed by atoms with Gasteiger partial charge in [0.25, 0.3) is 22.2 Å². The summed E-state index contributed by atoms with van der Waals surface area (Å²) in [7, 11) is 0. The van der Waals surface area contributed by atoms with E-state index in [0.717, 1.165) is 63.1 Å². The molecule has 7 aromatic heterocycles. The van der Waals surface area contributed by atoms with Crippen LogP contribution in [0.5, 0.6) is 17.2 Å². The fourth-order valence-electron chi connectivity index (χ4n) is 17.0. The number of benzene rings is 3. The molecule has 0 bridgehead atoms. The Labute approximate surface area is 848 Å². The largest absolute Gasteiger partial charge is 0.486 e. The van der Waals surface area contributed by atoms with Crippen molar-refractivity contribution in [3.8, 4) is 51.0 Å². The molecule has 145 heavy (non-hydrogen) atoms. The van der Waals surface area contributed by atoms with Crippen molar-refractivity contribution in [1.29, 1.82) is 0 Å². The van der Waals surface area contributed by atoms with E-state index in [1.54, 1.807) is 107 Å². The Bertz CT molecular complexity index is 6490. The van der Waals surface area contributed by atoms with Gasteiger partial charge in [-0.05, 0) is 241 Å². The van der Waals surface area contributed by atoms with Gasteiger partial charge in [0.2, 0.25) is 17.2 Å². The fourth-order valence-corrected chi connectivity index (χ4v) is 17.2. The smallest absolute Gasteiger partial charge is 0.410 e. The Balaban J connectivity index is 0.000000176. The minimum absolute atomic E-state index is 0. The molecule has 7 aliphatic rings. The molecule has 3 saturated heterocycles. The van der Waals surface area contributed by atoms with E-state index < -0.39 is 51.7 Å². The van der Waals surface area contributed by atoms with E-state index in [1.165, 1.54) is 42.5 Å². The molecule has 0 spiro atoms. The number of aliphatic hydroxyl groups is 1. The maximum absolute atomic E-state index is 15.0. The van der Waals surface area contributed by atoms with E-state index in [0.29, 0.717) is 143 Å². The summed E-state index contributed by atoms with van der Waals surface area (Å²) < 4.78 is 127. The number of amides is 3. The molecule has 8 N–H and O–H groups in total. The van der Waals surface area contributed by atoms with Gasteiger partial charge >= 0.3 is 18.3 Å². The van der Waals surface area contributed by atoms with E-state index in [4.69, 9.17) is 56.6 Å². The lowest BCUT2D eigenvalue weighted by Gasteiger charge is -2.34. The number of nitrogens with two attached hydrogens (primary N) is 2. The number of rotatable bonds is 14. The van der Waals surface area contributed by atoms with Crippen molar-refractivity contribution in [2.24, 2.45) is 0 Å². The van der Waals surface area contributed by atoms with Crippen LogP contribution in [0.3, 0.4) is 0 Å². The molecule has 7 aliphatic heterocycles. The lowest BCUT2D eigenvalue weighted by atomic mass is 10.0. The maximum atomic E-state index is 15.0. The Hall–Kier alpha value is -13.7. The number of pyridine rings is 4. The van der Waals surface area contributed by atoms with Gasteiger partial charge in [-0.15, -0.1) is 12.4 Å². The average Bonchev–Trinajstić information content (AvgIpc) is 0.774. The summed E-state index contributed by atoms with van der Waals surface area (Å²) in [6.45, 7) is 38.4. The minimum atomic E-state index is -0.708. The molecule has 10 aromatic rings. The van der Waals surface area contributed by atoms with Gasteiger partial charge in [0.1, 0.15) is 53.7 Å². The molecule has 0 aliphatic carbocycles. The van der Waals surface area contributed by atoms with Crippen molar-refractivity contribution in [3.05, 3.63) is 216 Å². The van der Waals surface area contributed by atoms with Crippen LogP contribution < -0.4 is 78.6 Å². The Kier molecular flexibility index (Phi) is 38.0. The summed E-state index contributed by atoms with van der Waals surface area (Å²) >= 11 is 5.71. The summed E-state index contributed by atoms with van der Waals surface area (Å²) in [6, 6.07) is 21.8. The number of nitrogens with one attached hydrogen (secondary N) is 3. The van der Waals surface area contributed by atoms with Crippen LogP contribution in [0.2, 0.25) is 5.28 Å². The topological polar surface area (TPSA) is 400 Å². The first kappa shape index (κ1) is 112. The lowest BCUT2D eigenvalue weighted by Crippen LogP contribution is -2.43. The highest BCUT2D eigenvalue weighted by molar-refractivity contribution is 6.28. The number of nitrogens with zero attached hydrogens (tertiary/aromatic N) is 16. The van der Waals surface area contributed by atoms with Crippen molar-refractivity contribution < 1.29 is 74.3 Å². The number of aliphatic hydroxyl groups excluding tert-OH is 1. The van der Waals surface area contributed by atoms with Crippen LogP contribution in [0.1, 0.15) is 174 Å². The molecular formula is C102H129Cl2F6N21O14. The van der Waals surface area contributed by atoms with E-state index in [9.17, 15) is 59.9 Å². The Morgan fingerprint density at radius 1 is 0.462 bits per heavy atom. The molecule has 35 nitrogen and oxygen atoms in total. The highest BCUT2D eigenvalue weighted by Crippen LogP contribution is 2.44. The zero-order valence-electron chi connectivity index (χ0n) is 84.3. The van der Waals surface area contributed by atoms with Crippen LogP contribution in [0.15, 0.2) is 154 Å². The number of carbonyl (C=O) groups excluding carboxylic acids is 3. The van der Waals surface area contributed by atoms with Gasteiger partial charge in [0.05, 0.1) is 55.3 Å². The number of aromatic nitrogens is 10. The van der Waals surface area contributed by atoms with Crippen molar-refractivity contribution in [2.75, 3.05) is 135 Å². The Morgan fingerprint density at radius 3 is 1.14 bits per heavy atom. The van der Waals surface area contributed by atoms with Crippen molar-refractivity contribution >= 4 is 99.7 Å². The molecule has 0 radical (unpaired) electrons. The zero-order valence-corrected chi connectivity index (χ0v) is 85.9. The number of carbonyl (C=O) groups is 3. The second-order valence-electron chi connectivity index (χ2n) is 39.0. The number of halogens is 8. The predicted molar refractivity (Wildman–Crippen MR) is 549 cm³/mol. The quantitative estimate of drug-likeness (QED) is 0.0334. The van der Waals surface area contributed by atoms with Crippen molar-refractivity contribution in [1.82, 2.24) is 68.2 Å². The zero-order chi connectivity index (χ0) is 105. The molecule has 0 atom stereocenters. The molecule has 0 saturated carbocycles. The number of likely N-dealkylation sites (tertiary alicyclic amines) is 2. The van der Waals surface area contributed by atoms with E-state index in [1.807, 2.05) is 125 Å². The van der Waals surface area contributed by atoms with Crippen LogP contribution in [-0.2, 0) is 14.2 Å². The molecule has 17 rings (SSSR count). The summed E-state index contributed by atoms with van der Waals surface area (Å²) in [6.07, 6.45) is 15.8. The predicted octanol–water partition coefficient (Wildman–Crippen LogP) is 17.4. The first-order valence-electron chi connectivity index (χ1n) is 48.0. The molecule has 14 heterocycles. The number of anilines is 9. The molecule has 0 unspecified atom stereocenters. The summed E-state index contributed by atoms with van der Waals surface area (Å²) in [5, 5.41) is 16.7. The van der Waals surface area contributed by atoms with Crippen LogP contribution in [0.25, 0.3) is 39.5 Å². The molecule has 3 amide bonds. The Morgan fingerprint density at radius 2 is 0.800 bits per heavy atom. The van der Waals surface area contributed by atoms with Crippen LogP contribution in [0.4, 0.5) is 92.4 Å². The van der Waals surface area contributed by atoms with Gasteiger partial charge in [-0.3, -0.25) is 23.7 Å². The monoisotopic (exact) mass is 2060 g/mol. The first-order valence-corrected chi connectivity index (χ1v) is 48.4. The fraction of sp³-hybridized carbons (Fsp3) is 0.461. The minimum Gasteiger partial charge on any atom is -0.486 e. The average molecular weight is 2060 g/mol. The summed E-state index contributed by atoms with van der Waals surface area (Å²) in [5.41, 5.74) is 14.1. The number of hydrogen-bond donors (Lipinski definition) is 6. The van der Waals surface area contributed by atoms with Crippen molar-refractivity contribution in [3.63, 3.8) is 0 Å². The number of hydrogen-bond acceptors (Lipinski definition) is 28. The van der Waals surface area contributed by atoms with Crippen molar-refractivity contribution in [2.45, 2.75) is 209 Å². The van der Waals surface area contributed by atoms with E-state index in [2.05, 4.69) is 45.9 Å². The second-order valence-corrected chi connectivity index (χ2v) is 39.3. The number of ether oxygens (including phenoxy) is 6. The van der Waals surface area contributed by atoms with E-state index >= 15 is 0 Å². The highest BCUT2D eigenvalue weighted by Gasteiger charge is 2.35. The highest BCUT2D eigenvalue weighted by atomic mass is 35.5. The van der Waals surface area contributed by atoms with Gasteiger partial charge in [-0.25, -0.2) is 70.6 Å². The molecule has 3 fully saturated rings. The van der Waals surface area contributed by atoms with Gasteiger partial charge in [-0.2, -0.15) is 0 Å². The van der Waals surface area contributed by atoms with Gasteiger partial charge in [0, 0.05) is 183 Å². The normalized spacial score (nSPS) is 15.4. The molecular weight excluding hydrogens is 1930 g/mol. The summed E-state index contributed by atoms with van der Waals surface area (Å²) in [4.78, 5) is 121. The van der Waals surface area contributed by atoms with Gasteiger partial charge < -0.3 is 104 Å². The third-order valence-electron chi connectivity index (χ3n) is 23.8. The third kappa shape index (κ3) is 29.8. The number of nitrogen functional groups attached to an aromatic ring is 2. The number of piperidine rings is 3. The van der Waals surface area contributed by atoms with Crippen LogP contribution in [-0.4, -0.2) is 220 Å². The maximum Gasteiger partial charge on any atom is 0.410 e. The SMILES string of the molecule is CC(C)(C)OC(=O)N1CC=C(n2ccc(N)cc2=O)CC1.CC(C)(C)OC(=O)N1CCC(n2ccc(N)cc2=O)CC1.CC(C)N1CCOc2c(F)cc(-c3nc(Cl)ncc3F)cc21.CC(C)N1CCOc2c(F)cc(-c3nc(Nc4ccn(C5CCN(C(=O)OC(C)(C)C)CC5)c(=O)c4)ncc3F)cc21.CC(C)N1CCOc2c(F)cc(-c3nc(Nc4ccn(C5CCNCC5)c(=O)c4)ncc3F)cc21.CCO.Cl. The van der Waals surface area contributed by atoms with Crippen LogP contribution >= 0.6 is 24.0 Å². The number of fused-ring (bicyclic) bond motifs is 3. The standard InChI is InChI=1S/C30H36F2N6O4.C25H28F2N6O2.C15H14ClF2N3O.C15H23N3O3.C15H21N3O3.C2H6O.ClH/c1-18(2)37-12-13-41-27-22(31)14-19(15-24(27)37)26-23(32)17-33-28(35-26)34-20-6-11-38(25(39)16-20)21-7-9-36(10-8-21)29(40)42-30(3,4)5;1-15(2)32-9-10-35-24-19(26)11-16(12-21(24)32)23-20(27)14-29-25(31-23)30-17-5-8-33(22(34)13-17)18-3-6-28-7-4-18;1-8(2)21-3-4-22-14-10(17)5-9(6-12(14)21)13-11(18)7-19-15(16)20-13;2*1-15(2,3)21-14(20)17-7-5-12(6-8-17)18-9-4-11(16)10-13(18)19;1-2-3;/h6,11,14-18,21H,7-10,12-13H2,1-5H3,(H,33,34,35);5,8,11-15,18,28H,3-4,6-7,9-10H2,1-2H3,(H,29,30,31);5-8H,3-4H2,1-2H3;4,9-10,12H,5-8,16H2,1-3H3;4-5,9-10H,6-8,16H2,1-3H3;3H,2H2,1H3;1H. The molecule has 782 valence electrons. The molecule has 3 aromatic carbocycles. The third-order valence-corrected chi connectivity index (χ3v) is 24.0. The second kappa shape index (κ2) is 49.3. The molecule has 43 heteroatoms. The lowest BCUT2D eigenvalue weighted by molar-refractivity contribution is 0.0177. The van der Waals surface area contributed by atoms with E-state index in [-0.39, 0.29) is 158 Å². The van der Waals surface area contributed by atoms with Crippen LogP contribution in [0, 0.1) is 34.9 Å². The van der Waals surface area contributed by atoms with Gasteiger partial charge in [0.15, 0.2) is 52.2 Å². The summed E-state index contributed by atoms with van der Waals surface area (Å²) in [5.74, 6) is -3.10. The first-order chi connectivity index (χ1) is 68.2. The van der Waals surface area contributed by atoms with Gasteiger partial charge in [-0.1, -0.05) is 0 Å².